The molecule has 13 heteroatoms. The van der Waals surface area contributed by atoms with Gasteiger partial charge < -0.3 is 45.6 Å². The maximum Gasteiger partial charge on any atom is 0.337 e. The largest absolute Gasteiger partial charge is 0.508 e. The molecule has 0 saturated carbocycles. The number of Topliss-reactive ketones (excluding diaryl/α,β-unsaturated/α-hetero) is 3. The van der Waals surface area contributed by atoms with Crippen LogP contribution in [0.3, 0.4) is 0 Å². The summed E-state index contributed by atoms with van der Waals surface area (Å²) in [5, 5.41) is 76.0. The van der Waals surface area contributed by atoms with Crippen LogP contribution in [-0.4, -0.2) is 71.3 Å². The average molecular weight is 1220 g/mol. The molecule has 0 bridgehead atoms. The van der Waals surface area contributed by atoms with Gasteiger partial charge in [0.15, 0.2) is 28.8 Å². The Balaban J connectivity index is 0. The highest BCUT2D eigenvalue weighted by Gasteiger charge is 2.19. The second-order valence-corrected chi connectivity index (χ2v) is 23.9. The lowest BCUT2D eigenvalue weighted by Gasteiger charge is -2.07. The summed E-state index contributed by atoms with van der Waals surface area (Å²) in [5.41, 5.74) is 0.898. The summed E-state index contributed by atoms with van der Waals surface area (Å²) in [7, 11) is 1.37. The Labute approximate surface area is 526 Å². The molecule has 4 aromatic rings. The van der Waals surface area contributed by atoms with Crippen LogP contribution in [0.5, 0.6) is 46.0 Å². The van der Waals surface area contributed by atoms with Crippen molar-refractivity contribution >= 4 is 23.3 Å². The molecule has 4 aromatic carbocycles. The number of phenolic OH excluding ortho intramolecular Hbond substituents is 8. The van der Waals surface area contributed by atoms with Crippen molar-refractivity contribution in [2.24, 2.45) is 17.8 Å². The van der Waals surface area contributed by atoms with Crippen LogP contribution in [0.4, 0.5) is 0 Å². The lowest BCUT2D eigenvalue weighted by molar-refractivity contribution is 0.0600. The molecule has 4 rings (SSSR count). The molecule has 0 atom stereocenters. The molecule has 0 radical (unpaired) electrons. The van der Waals surface area contributed by atoms with E-state index in [0.717, 1.165) is 81.3 Å². The van der Waals surface area contributed by atoms with Gasteiger partial charge in [-0.25, -0.2) is 4.79 Å². The number of hydrogen-bond acceptors (Lipinski definition) is 13. The Hall–Kier alpha value is -6.24. The number of benzene rings is 4. The summed E-state index contributed by atoms with van der Waals surface area (Å²) in [6.45, 7) is 17.7. The second kappa shape index (κ2) is 52.8. The number of ketones is 3. The number of phenols is 8. The third kappa shape index (κ3) is 41.5. The minimum absolute atomic E-state index is 0. The number of methoxy groups -OCH3 is 1. The van der Waals surface area contributed by atoms with E-state index in [1.54, 1.807) is 24.3 Å². The molecule has 87 heavy (non-hydrogen) atoms. The molecular formula is C74H120O13. The predicted molar refractivity (Wildman–Crippen MR) is 358 cm³/mol. The van der Waals surface area contributed by atoms with Crippen molar-refractivity contribution in [1.29, 1.82) is 0 Å². The van der Waals surface area contributed by atoms with E-state index in [9.17, 15) is 60.0 Å². The smallest absolute Gasteiger partial charge is 0.337 e. The molecule has 0 aromatic heterocycles. The van der Waals surface area contributed by atoms with Crippen LogP contribution in [0, 0.1) is 17.8 Å². The van der Waals surface area contributed by atoms with Gasteiger partial charge in [-0.3, -0.25) is 14.4 Å². The summed E-state index contributed by atoms with van der Waals surface area (Å²) in [5.74, 6) is -1.04. The number of carbonyl (C=O) groups excluding carboxylic acids is 4. The molecule has 8 N–H and O–H groups in total. The number of aromatic hydroxyl groups is 8. The van der Waals surface area contributed by atoms with Crippen molar-refractivity contribution in [2.45, 2.75) is 275 Å². The Morgan fingerprint density at radius 3 is 1.03 bits per heavy atom. The first-order valence-electron chi connectivity index (χ1n) is 32.9. The van der Waals surface area contributed by atoms with Gasteiger partial charge in [-0.15, -0.1) is 0 Å². The Morgan fingerprint density at radius 1 is 0.356 bits per heavy atom. The van der Waals surface area contributed by atoms with Gasteiger partial charge in [0.1, 0.15) is 34.3 Å². The van der Waals surface area contributed by atoms with E-state index in [2.05, 4.69) is 46.3 Å². The van der Waals surface area contributed by atoms with E-state index in [1.807, 2.05) is 19.9 Å². The van der Waals surface area contributed by atoms with Crippen molar-refractivity contribution in [3.8, 4) is 46.0 Å². The van der Waals surface area contributed by atoms with Crippen molar-refractivity contribution in [3.63, 3.8) is 0 Å². The first kappa shape index (κ1) is 82.8. The third-order valence-electron chi connectivity index (χ3n) is 14.8. The maximum atomic E-state index is 12.1. The highest BCUT2D eigenvalue weighted by Crippen LogP contribution is 2.38. The maximum absolute atomic E-state index is 12.1. The van der Waals surface area contributed by atoms with Crippen molar-refractivity contribution in [3.05, 3.63) is 95.1 Å². The van der Waals surface area contributed by atoms with E-state index in [4.69, 9.17) is 0 Å². The number of rotatable bonds is 40. The number of hydrogen-bond donors (Lipinski definition) is 8. The van der Waals surface area contributed by atoms with E-state index in [-0.39, 0.29) is 70.6 Å². The van der Waals surface area contributed by atoms with Gasteiger partial charge in [0, 0.05) is 37.5 Å². The zero-order valence-electron chi connectivity index (χ0n) is 54.6. The van der Waals surface area contributed by atoms with Crippen LogP contribution in [0.25, 0.3) is 0 Å². The van der Waals surface area contributed by atoms with Gasteiger partial charge in [0.05, 0.1) is 23.8 Å². The number of carbonyl (C=O) groups is 4. The summed E-state index contributed by atoms with van der Waals surface area (Å²) in [6.07, 6.45) is 37.6. The normalized spacial score (nSPS) is 10.6. The lowest BCUT2D eigenvalue weighted by atomic mass is 10.0. The average Bonchev–Trinajstić information content (AvgIpc) is 3.39. The van der Waals surface area contributed by atoms with E-state index in [1.165, 1.54) is 179 Å². The van der Waals surface area contributed by atoms with Crippen molar-refractivity contribution in [2.75, 3.05) is 7.11 Å². The van der Waals surface area contributed by atoms with Gasteiger partial charge in [-0.1, -0.05) is 254 Å². The molecule has 0 aliphatic rings. The van der Waals surface area contributed by atoms with Crippen molar-refractivity contribution < 1.29 is 64.8 Å². The zero-order valence-corrected chi connectivity index (χ0v) is 54.6. The molecule has 0 heterocycles. The van der Waals surface area contributed by atoms with Gasteiger partial charge in [0.25, 0.3) is 0 Å². The molecule has 0 unspecified atom stereocenters. The Bertz CT molecular complexity index is 2370. The molecule has 0 saturated heterocycles. The lowest BCUT2D eigenvalue weighted by Crippen LogP contribution is -2.00. The first-order chi connectivity index (χ1) is 41.2. The fourth-order valence-electron chi connectivity index (χ4n) is 9.75. The molecule has 0 amide bonds. The van der Waals surface area contributed by atoms with Gasteiger partial charge in [-0.2, -0.15) is 0 Å². The minimum Gasteiger partial charge on any atom is -0.508 e. The topological polar surface area (TPSA) is 239 Å². The van der Waals surface area contributed by atoms with Gasteiger partial charge >= 0.3 is 5.97 Å². The van der Waals surface area contributed by atoms with Crippen LogP contribution < -0.4 is 0 Å². The van der Waals surface area contributed by atoms with E-state index >= 15 is 0 Å². The van der Waals surface area contributed by atoms with Crippen LogP contribution >= 0.6 is 0 Å². The SMILES string of the molecule is C.CC.CC(C)CCCCCCCCCCCC(=O)c1c(O)cc(O)cc1O.CC(C)CCCCCCCCCCCC(=O)c1ccc(O)c(O)c1O.CC(C)CCCCCCCCCCCC(=O)c1ccc(O)cc1O.COC(=O)c1ccccc1. The van der Waals surface area contributed by atoms with E-state index < -0.39 is 17.2 Å². The predicted octanol–water partition coefficient (Wildman–Crippen LogP) is 21.2. The molecule has 0 spiro atoms. The fraction of sp³-hybridized carbons (Fsp3) is 0.622. The summed E-state index contributed by atoms with van der Waals surface area (Å²) < 4.78 is 4.50. The molecular weight excluding hydrogens is 1100 g/mol. The van der Waals surface area contributed by atoms with Crippen molar-refractivity contribution in [1.82, 2.24) is 0 Å². The molecule has 494 valence electrons. The Kier molecular flexibility index (Phi) is 50.3. The number of ether oxygens (including phenoxy) is 1. The summed E-state index contributed by atoms with van der Waals surface area (Å²) in [4.78, 5) is 46.9. The summed E-state index contributed by atoms with van der Waals surface area (Å²) in [6, 6.07) is 17.8. The second-order valence-electron chi connectivity index (χ2n) is 23.9. The molecule has 0 aliphatic carbocycles. The Morgan fingerprint density at radius 2 is 0.678 bits per heavy atom. The van der Waals surface area contributed by atoms with Gasteiger partial charge in [0.2, 0.25) is 5.75 Å². The molecule has 0 fully saturated rings. The monoisotopic (exact) mass is 1220 g/mol. The minimum atomic E-state index is -0.626. The van der Waals surface area contributed by atoms with Crippen LogP contribution in [0.15, 0.2) is 72.8 Å². The zero-order chi connectivity index (χ0) is 64.5. The quantitative estimate of drug-likeness (QED) is 0.00896. The number of esters is 1. The first-order valence-corrected chi connectivity index (χ1v) is 32.9. The highest BCUT2D eigenvalue weighted by molar-refractivity contribution is 6.01. The number of unbranched alkanes of at least 4 members (excludes halogenated alkanes) is 24. The standard InChI is InChI=1S/2C21H34O4.C21H34O3.C8H8O2.C2H6.CH4/c1-16(2)12-10-8-6-4-3-5-7-9-11-13-18(23)21-19(24)14-17(22)15-20(21)25;1-16(2)12-10-8-6-4-3-5-7-9-11-13-18(22)17-14-15-19(23)21(25)20(17)24;1-17(2)12-10-8-6-4-3-5-7-9-11-13-20(23)19-15-14-18(22)16-21(19)24;1-10-8(9)7-5-3-2-4-6-7;1-2;/h14-16,22,24-25H,3-13H2,1-2H3;14-16,23-25H,3-13H2,1-2H3;14-17,22,24H,3-13H2,1-2H3;2-6H,1H3;1-2H3;1H4. The fourth-order valence-corrected chi connectivity index (χ4v) is 9.75. The molecule has 0 aliphatic heterocycles. The van der Waals surface area contributed by atoms with Crippen LogP contribution in [-0.2, 0) is 4.74 Å². The summed E-state index contributed by atoms with van der Waals surface area (Å²) >= 11 is 0. The van der Waals surface area contributed by atoms with Gasteiger partial charge in [-0.05, 0) is 73.4 Å². The molecule has 13 nitrogen and oxygen atoms in total. The van der Waals surface area contributed by atoms with E-state index in [0.29, 0.717) is 30.4 Å². The third-order valence-corrected chi connectivity index (χ3v) is 14.8. The van der Waals surface area contributed by atoms with Crippen LogP contribution in [0.1, 0.15) is 316 Å². The van der Waals surface area contributed by atoms with Crippen LogP contribution in [0.2, 0.25) is 0 Å². The highest BCUT2D eigenvalue weighted by atomic mass is 16.5.